The largest absolute Gasteiger partial charge is 0.408 e. The highest BCUT2D eigenvalue weighted by molar-refractivity contribution is 6.32. The highest BCUT2D eigenvalue weighted by atomic mass is 35.5. The minimum atomic E-state index is -4.50. The van der Waals surface area contributed by atoms with Crippen LogP contribution in [0.5, 0.6) is 0 Å². The zero-order valence-electron chi connectivity index (χ0n) is 10.0. The van der Waals surface area contributed by atoms with Crippen LogP contribution in [-0.2, 0) is 6.54 Å². The van der Waals surface area contributed by atoms with Crippen molar-refractivity contribution in [2.75, 3.05) is 11.9 Å². The average molecular weight is 296 g/mol. The normalized spacial score (nSPS) is 15.6. The molecule has 1 N–H and O–H groups in total. The van der Waals surface area contributed by atoms with E-state index in [9.17, 15) is 18.0 Å². The molecule has 106 valence electrons. The first kappa shape index (κ1) is 14.2. The minimum Gasteiger partial charge on any atom is -0.382 e. The maximum atomic E-state index is 12.2. The van der Waals surface area contributed by atoms with Crippen LogP contribution in [0.4, 0.5) is 18.9 Å². The highest BCUT2D eigenvalue weighted by Gasteiger charge is 2.29. The second-order valence-corrected chi connectivity index (χ2v) is 4.99. The Morgan fingerprint density at radius 2 is 2.16 bits per heavy atom. The summed E-state index contributed by atoms with van der Waals surface area (Å²) >= 11 is 5.75. The lowest BCUT2D eigenvalue weighted by Crippen LogP contribution is -2.30. The Hall–Kier alpha value is -1.24. The van der Waals surface area contributed by atoms with E-state index in [1.807, 2.05) is 0 Å². The number of rotatable bonds is 5. The summed E-state index contributed by atoms with van der Waals surface area (Å²) in [5.74, 6) is 0.713. The quantitative estimate of drug-likeness (QED) is 0.908. The molecule has 8 heteroatoms. The molecule has 0 unspecified atom stereocenters. The summed E-state index contributed by atoms with van der Waals surface area (Å²) in [6, 6.07) is 0. The second-order valence-electron chi connectivity index (χ2n) is 4.61. The zero-order valence-corrected chi connectivity index (χ0v) is 10.8. The fraction of sp³-hybridized carbons (Fsp3) is 0.636. The Labute approximate surface area is 112 Å². The van der Waals surface area contributed by atoms with Crippen LogP contribution in [0.3, 0.4) is 0 Å². The predicted octanol–water partition coefficient (Wildman–Crippen LogP) is 2.67. The Balaban J connectivity index is 2.05. The van der Waals surface area contributed by atoms with Crippen LogP contribution in [0.15, 0.2) is 11.0 Å². The molecular formula is C11H13ClF3N3O. The van der Waals surface area contributed by atoms with Gasteiger partial charge in [-0.25, -0.2) is 4.68 Å². The van der Waals surface area contributed by atoms with E-state index in [4.69, 9.17) is 11.6 Å². The van der Waals surface area contributed by atoms with E-state index in [0.29, 0.717) is 17.1 Å². The van der Waals surface area contributed by atoms with E-state index in [0.717, 1.165) is 12.6 Å². The summed E-state index contributed by atoms with van der Waals surface area (Å²) in [4.78, 5) is 11.6. The van der Waals surface area contributed by atoms with Crippen LogP contribution >= 0.6 is 11.6 Å². The van der Waals surface area contributed by atoms with Gasteiger partial charge in [-0.2, -0.15) is 18.3 Å². The number of alkyl halides is 3. The number of nitrogens with one attached hydrogen (secondary N) is 1. The molecule has 1 fully saturated rings. The molecule has 0 bridgehead atoms. The maximum absolute atomic E-state index is 12.2. The molecule has 1 aromatic heterocycles. The summed E-state index contributed by atoms with van der Waals surface area (Å²) in [6.45, 7) is -0.803. The van der Waals surface area contributed by atoms with Crippen LogP contribution in [0.25, 0.3) is 0 Å². The van der Waals surface area contributed by atoms with Gasteiger partial charge in [0.25, 0.3) is 5.56 Å². The molecule has 19 heavy (non-hydrogen) atoms. The molecule has 1 aromatic rings. The number of aromatic nitrogens is 2. The van der Waals surface area contributed by atoms with Gasteiger partial charge in [-0.05, 0) is 12.3 Å². The number of anilines is 1. The first-order chi connectivity index (χ1) is 8.87. The monoisotopic (exact) mass is 295 g/mol. The molecule has 1 aliphatic carbocycles. The van der Waals surface area contributed by atoms with Crippen molar-refractivity contribution in [3.63, 3.8) is 0 Å². The van der Waals surface area contributed by atoms with Crippen molar-refractivity contribution < 1.29 is 13.2 Å². The first-order valence-electron chi connectivity index (χ1n) is 5.93. The Morgan fingerprint density at radius 3 is 2.74 bits per heavy atom. The van der Waals surface area contributed by atoms with Gasteiger partial charge in [0, 0.05) is 6.54 Å². The number of hydrogen-bond acceptors (Lipinski definition) is 3. The first-order valence-corrected chi connectivity index (χ1v) is 6.31. The molecule has 0 aromatic carbocycles. The van der Waals surface area contributed by atoms with Crippen LogP contribution in [-0.4, -0.2) is 22.5 Å². The maximum Gasteiger partial charge on any atom is 0.408 e. The lowest BCUT2D eigenvalue weighted by Gasteiger charge is -2.11. The topological polar surface area (TPSA) is 46.9 Å². The van der Waals surface area contributed by atoms with Gasteiger partial charge < -0.3 is 5.32 Å². The van der Waals surface area contributed by atoms with Gasteiger partial charge in [0.05, 0.1) is 11.9 Å². The molecule has 1 saturated carbocycles. The van der Waals surface area contributed by atoms with Gasteiger partial charge in [-0.1, -0.05) is 24.4 Å². The number of hydrogen-bond donors (Lipinski definition) is 1. The van der Waals surface area contributed by atoms with Gasteiger partial charge >= 0.3 is 6.18 Å². The molecule has 0 saturated heterocycles. The molecule has 0 atom stereocenters. The molecule has 4 nitrogen and oxygen atoms in total. The SMILES string of the molecule is O=c1c(Cl)c(NCCC2CC2)cnn1CC(F)(F)F. The Kier molecular flexibility index (Phi) is 4.03. The predicted molar refractivity (Wildman–Crippen MR) is 65.4 cm³/mol. The fourth-order valence-corrected chi connectivity index (χ4v) is 1.90. The Bertz CT molecular complexity index is 511. The summed E-state index contributed by atoms with van der Waals surface area (Å²) in [5.41, 5.74) is -0.652. The lowest BCUT2D eigenvalue weighted by molar-refractivity contribution is -0.143. The summed E-state index contributed by atoms with van der Waals surface area (Å²) in [5, 5.41) is 6.15. The lowest BCUT2D eigenvalue weighted by atomic mass is 10.3. The van der Waals surface area contributed by atoms with Crippen molar-refractivity contribution in [3.05, 3.63) is 21.6 Å². The van der Waals surface area contributed by atoms with Gasteiger partial charge in [0.1, 0.15) is 11.6 Å². The van der Waals surface area contributed by atoms with Crippen LogP contribution in [0.1, 0.15) is 19.3 Å². The third-order valence-corrected chi connectivity index (χ3v) is 3.24. The number of halogens is 4. The van der Waals surface area contributed by atoms with Crippen molar-refractivity contribution in [1.82, 2.24) is 9.78 Å². The van der Waals surface area contributed by atoms with Gasteiger partial charge in [0.15, 0.2) is 0 Å². The molecule has 0 amide bonds. The smallest absolute Gasteiger partial charge is 0.382 e. The summed E-state index contributed by atoms with van der Waals surface area (Å²) in [7, 11) is 0. The third kappa shape index (κ3) is 4.12. The van der Waals surface area contributed by atoms with Crippen molar-refractivity contribution in [2.24, 2.45) is 5.92 Å². The Morgan fingerprint density at radius 1 is 1.47 bits per heavy atom. The fourth-order valence-electron chi connectivity index (χ4n) is 1.69. The van der Waals surface area contributed by atoms with Gasteiger partial charge in [-0.15, -0.1) is 0 Å². The van der Waals surface area contributed by atoms with E-state index >= 15 is 0 Å². The molecular weight excluding hydrogens is 283 g/mol. The summed E-state index contributed by atoms with van der Waals surface area (Å²) < 4.78 is 36.9. The van der Waals surface area contributed by atoms with E-state index < -0.39 is 18.3 Å². The van der Waals surface area contributed by atoms with Crippen molar-refractivity contribution in [3.8, 4) is 0 Å². The standard InChI is InChI=1S/C11H13ClF3N3O/c12-9-8(16-4-3-7-1-2-7)5-17-18(10(9)19)6-11(13,14)15/h5,7,16H,1-4,6H2. The van der Waals surface area contributed by atoms with E-state index in [1.165, 1.54) is 12.8 Å². The van der Waals surface area contributed by atoms with E-state index in [2.05, 4.69) is 10.4 Å². The second kappa shape index (κ2) is 5.40. The minimum absolute atomic E-state index is 0.255. The molecule has 1 aliphatic rings. The van der Waals surface area contributed by atoms with E-state index in [1.54, 1.807) is 0 Å². The van der Waals surface area contributed by atoms with Crippen LogP contribution in [0, 0.1) is 5.92 Å². The van der Waals surface area contributed by atoms with Crippen molar-refractivity contribution >= 4 is 17.3 Å². The highest BCUT2D eigenvalue weighted by Crippen LogP contribution is 2.32. The molecule has 0 aliphatic heterocycles. The molecule has 1 heterocycles. The van der Waals surface area contributed by atoms with Gasteiger partial charge in [0.2, 0.25) is 0 Å². The summed E-state index contributed by atoms with van der Waals surface area (Å²) in [6.07, 6.45) is 0.0348. The molecule has 0 radical (unpaired) electrons. The van der Waals surface area contributed by atoms with Crippen LogP contribution < -0.4 is 10.9 Å². The van der Waals surface area contributed by atoms with Crippen molar-refractivity contribution in [1.29, 1.82) is 0 Å². The zero-order chi connectivity index (χ0) is 14.0. The van der Waals surface area contributed by atoms with Crippen molar-refractivity contribution in [2.45, 2.75) is 32.0 Å². The molecule has 0 spiro atoms. The number of nitrogens with zero attached hydrogens (tertiary/aromatic N) is 2. The third-order valence-electron chi connectivity index (χ3n) is 2.88. The average Bonchev–Trinajstić information content (AvgIpc) is 3.10. The van der Waals surface area contributed by atoms with Crippen LogP contribution in [0.2, 0.25) is 5.02 Å². The van der Waals surface area contributed by atoms with E-state index in [-0.39, 0.29) is 10.7 Å². The van der Waals surface area contributed by atoms with Gasteiger partial charge in [-0.3, -0.25) is 4.79 Å². The molecule has 2 rings (SSSR count).